The Balaban J connectivity index is 2.24. The van der Waals surface area contributed by atoms with Gasteiger partial charge in [-0.2, -0.15) is 5.10 Å². The van der Waals surface area contributed by atoms with E-state index in [-0.39, 0.29) is 0 Å². The van der Waals surface area contributed by atoms with E-state index < -0.39 is 5.97 Å². The van der Waals surface area contributed by atoms with Crippen molar-refractivity contribution in [2.75, 3.05) is 0 Å². The second-order valence-electron chi connectivity index (χ2n) is 4.18. The van der Waals surface area contributed by atoms with Crippen molar-refractivity contribution in [1.29, 1.82) is 0 Å². The Morgan fingerprint density at radius 1 is 1.50 bits per heavy atom. The molecule has 7 heteroatoms. The molecule has 1 N–H and O–H groups in total. The lowest BCUT2D eigenvalue weighted by Crippen LogP contribution is -1.99. The van der Waals surface area contributed by atoms with E-state index in [4.69, 9.17) is 5.11 Å². The average Bonchev–Trinajstić information content (AvgIpc) is 2.98. The molecule has 0 bridgehead atoms. The number of rotatable bonds is 3. The first kappa shape index (κ1) is 13.3. The number of carboxylic acids is 1. The van der Waals surface area contributed by atoms with Gasteiger partial charge < -0.3 is 5.11 Å². The van der Waals surface area contributed by atoms with E-state index in [2.05, 4.69) is 26.0 Å². The van der Waals surface area contributed by atoms with E-state index in [1.54, 1.807) is 16.9 Å². The number of carboxylic acid groups (broad SMARTS) is 1. The summed E-state index contributed by atoms with van der Waals surface area (Å²) < 4.78 is 2.59. The Bertz CT molecular complexity index is 792. The van der Waals surface area contributed by atoms with Crippen molar-refractivity contribution in [3.05, 3.63) is 39.4 Å². The van der Waals surface area contributed by atoms with Crippen LogP contribution < -0.4 is 0 Å². The van der Waals surface area contributed by atoms with Crippen LogP contribution in [0.25, 0.3) is 16.0 Å². The molecule has 0 saturated heterocycles. The lowest BCUT2D eigenvalue weighted by atomic mass is 10.2. The molecule has 0 amide bonds. The van der Waals surface area contributed by atoms with Crippen molar-refractivity contribution in [3.8, 4) is 5.82 Å². The smallest absolute Gasteiger partial charge is 0.345 e. The summed E-state index contributed by atoms with van der Waals surface area (Å²) in [4.78, 5) is 16.6. The summed E-state index contributed by atoms with van der Waals surface area (Å²) in [5.41, 5.74) is 0.883. The van der Waals surface area contributed by atoms with E-state index in [9.17, 15) is 4.79 Å². The van der Waals surface area contributed by atoms with E-state index >= 15 is 0 Å². The van der Waals surface area contributed by atoms with E-state index in [0.29, 0.717) is 10.7 Å². The maximum atomic E-state index is 11.1. The fourth-order valence-electron chi connectivity index (χ4n) is 1.98. The number of thiophene rings is 1. The summed E-state index contributed by atoms with van der Waals surface area (Å²) in [6.07, 6.45) is 2.44. The molecule has 3 aromatic heterocycles. The minimum Gasteiger partial charge on any atom is -0.477 e. The highest BCUT2D eigenvalue weighted by Gasteiger charge is 2.17. The zero-order valence-electron chi connectivity index (χ0n) is 10.5. The zero-order valence-corrected chi connectivity index (χ0v) is 12.9. The Labute approximate surface area is 127 Å². The molecule has 0 atom stereocenters. The number of fused-ring (bicyclic) bond motifs is 1. The Morgan fingerprint density at radius 3 is 2.90 bits per heavy atom. The summed E-state index contributed by atoms with van der Waals surface area (Å²) in [7, 11) is 0. The minimum absolute atomic E-state index is 0.318. The van der Waals surface area contributed by atoms with Crippen LogP contribution in [0.15, 0.2) is 28.9 Å². The lowest BCUT2D eigenvalue weighted by molar-refractivity contribution is 0.0702. The fraction of sp³-hybridized carbons (Fsp3) is 0.154. The van der Waals surface area contributed by atoms with Crippen LogP contribution in [0.1, 0.15) is 22.3 Å². The number of carbonyl (C=O) groups is 1. The number of pyridine rings is 1. The van der Waals surface area contributed by atoms with Crippen LogP contribution in [0.3, 0.4) is 0 Å². The molecule has 3 aromatic rings. The number of aromatic nitrogens is 3. The van der Waals surface area contributed by atoms with Crippen molar-refractivity contribution in [2.24, 2.45) is 0 Å². The number of aryl methyl sites for hydroxylation is 1. The molecule has 0 fully saturated rings. The summed E-state index contributed by atoms with van der Waals surface area (Å²) in [6.45, 7) is 2.00. The highest BCUT2D eigenvalue weighted by Crippen LogP contribution is 2.30. The van der Waals surface area contributed by atoms with Crippen molar-refractivity contribution in [3.63, 3.8) is 0 Å². The Kier molecular flexibility index (Phi) is 3.31. The maximum Gasteiger partial charge on any atom is 0.345 e. The van der Waals surface area contributed by atoms with Gasteiger partial charge in [0.25, 0.3) is 0 Å². The van der Waals surface area contributed by atoms with Gasteiger partial charge >= 0.3 is 5.97 Å². The maximum absolute atomic E-state index is 11.1. The van der Waals surface area contributed by atoms with Crippen LogP contribution in [0.5, 0.6) is 0 Å². The van der Waals surface area contributed by atoms with Gasteiger partial charge in [0, 0.05) is 16.1 Å². The van der Waals surface area contributed by atoms with Gasteiger partial charge in [-0.3, -0.25) is 0 Å². The van der Waals surface area contributed by atoms with Gasteiger partial charge in [-0.05, 0) is 40.5 Å². The standard InChI is InChI=1S/C13H10BrN3O2S/c1-2-9-8-5-10(13(18)19)20-12(8)17(16-9)11-4-3-7(14)6-15-11/h3-6H,2H2,1H3,(H,18,19). The van der Waals surface area contributed by atoms with Crippen LogP contribution in [0.2, 0.25) is 0 Å². The second-order valence-corrected chi connectivity index (χ2v) is 6.13. The minimum atomic E-state index is -0.913. The summed E-state index contributed by atoms with van der Waals surface area (Å²) in [5, 5.41) is 14.5. The quantitative estimate of drug-likeness (QED) is 0.783. The molecule has 0 aliphatic rings. The second kappa shape index (κ2) is 4.99. The van der Waals surface area contributed by atoms with Crippen LogP contribution >= 0.6 is 27.3 Å². The predicted molar refractivity (Wildman–Crippen MR) is 80.8 cm³/mol. The number of hydrogen-bond donors (Lipinski definition) is 1. The third-order valence-corrected chi connectivity index (χ3v) is 4.48. The third-order valence-electron chi connectivity index (χ3n) is 2.91. The van der Waals surface area contributed by atoms with Crippen LogP contribution in [-0.4, -0.2) is 25.8 Å². The van der Waals surface area contributed by atoms with Gasteiger partial charge in [0.1, 0.15) is 9.71 Å². The molecule has 3 rings (SSSR count). The number of halogens is 1. The predicted octanol–water partition coefficient (Wildman–Crippen LogP) is 3.51. The first-order valence-electron chi connectivity index (χ1n) is 5.96. The van der Waals surface area contributed by atoms with Crippen molar-refractivity contribution in [2.45, 2.75) is 13.3 Å². The van der Waals surface area contributed by atoms with Gasteiger partial charge in [-0.15, -0.1) is 11.3 Å². The Hall–Kier alpha value is -1.73. The number of hydrogen-bond acceptors (Lipinski definition) is 4. The van der Waals surface area contributed by atoms with Crippen molar-refractivity contribution < 1.29 is 9.90 Å². The fourth-order valence-corrected chi connectivity index (χ4v) is 3.20. The van der Waals surface area contributed by atoms with Crippen molar-refractivity contribution in [1.82, 2.24) is 14.8 Å². The molecule has 0 aromatic carbocycles. The first-order chi connectivity index (χ1) is 9.60. The monoisotopic (exact) mass is 351 g/mol. The number of nitrogens with zero attached hydrogens (tertiary/aromatic N) is 3. The summed E-state index contributed by atoms with van der Waals surface area (Å²) in [6, 6.07) is 5.41. The first-order valence-corrected chi connectivity index (χ1v) is 7.57. The van der Waals surface area contributed by atoms with Gasteiger partial charge in [0.2, 0.25) is 0 Å². The molecule has 20 heavy (non-hydrogen) atoms. The van der Waals surface area contributed by atoms with E-state index in [1.165, 1.54) is 11.3 Å². The largest absolute Gasteiger partial charge is 0.477 e. The molecule has 0 saturated carbocycles. The highest BCUT2D eigenvalue weighted by molar-refractivity contribution is 9.10. The molecule has 0 unspecified atom stereocenters. The van der Waals surface area contributed by atoms with E-state index in [0.717, 1.165) is 26.8 Å². The molecule has 0 aliphatic carbocycles. The van der Waals surface area contributed by atoms with Crippen LogP contribution in [0.4, 0.5) is 0 Å². The Morgan fingerprint density at radius 2 is 2.30 bits per heavy atom. The highest BCUT2D eigenvalue weighted by atomic mass is 79.9. The van der Waals surface area contributed by atoms with Gasteiger partial charge in [0.15, 0.2) is 5.82 Å². The molecule has 0 spiro atoms. The van der Waals surface area contributed by atoms with Gasteiger partial charge in [-0.1, -0.05) is 6.92 Å². The van der Waals surface area contributed by atoms with Gasteiger partial charge in [0.05, 0.1) is 5.69 Å². The van der Waals surface area contributed by atoms with Crippen LogP contribution in [-0.2, 0) is 6.42 Å². The molecule has 0 aliphatic heterocycles. The molecule has 102 valence electrons. The molecule has 3 heterocycles. The van der Waals surface area contributed by atoms with E-state index in [1.807, 2.05) is 19.1 Å². The summed E-state index contributed by atoms with van der Waals surface area (Å²) >= 11 is 4.56. The molecular weight excluding hydrogens is 342 g/mol. The van der Waals surface area contributed by atoms with Crippen molar-refractivity contribution >= 4 is 43.5 Å². The molecular formula is C13H10BrN3O2S. The van der Waals surface area contributed by atoms with Crippen LogP contribution in [0, 0.1) is 0 Å². The SMILES string of the molecule is CCc1nn(-c2ccc(Br)cn2)c2sc(C(=O)O)cc12. The molecule has 5 nitrogen and oxygen atoms in total. The third kappa shape index (κ3) is 2.12. The zero-order chi connectivity index (χ0) is 14.3. The average molecular weight is 352 g/mol. The summed E-state index contributed by atoms with van der Waals surface area (Å²) in [5.74, 6) is -0.236. The molecule has 0 radical (unpaired) electrons. The topological polar surface area (TPSA) is 68.0 Å². The lowest BCUT2D eigenvalue weighted by Gasteiger charge is -2.00. The van der Waals surface area contributed by atoms with Gasteiger partial charge in [-0.25, -0.2) is 14.5 Å². The normalized spacial score (nSPS) is 11.1. The number of aromatic carboxylic acids is 1.